The van der Waals surface area contributed by atoms with Gasteiger partial charge in [0.2, 0.25) is 11.8 Å². The first kappa shape index (κ1) is 21.2. The van der Waals surface area contributed by atoms with Crippen molar-refractivity contribution in [2.75, 3.05) is 6.54 Å². The normalized spacial score (nSPS) is 11.7. The van der Waals surface area contributed by atoms with E-state index >= 15 is 0 Å². The first-order chi connectivity index (χ1) is 13.4. The Hall–Kier alpha value is -3.15. The number of benzene rings is 2. The number of carbonyl (C=O) groups excluding carboxylic acids is 2. The molecule has 148 valence electrons. The summed E-state index contributed by atoms with van der Waals surface area (Å²) in [5.41, 5.74) is 1.87. The zero-order chi connectivity index (χ0) is 20.5. The van der Waals surface area contributed by atoms with Crippen LogP contribution in [0.25, 0.3) is 0 Å². The molecule has 0 aromatic heterocycles. The largest absolute Gasteiger partial charge is 0.478 e. The van der Waals surface area contributed by atoms with Crippen molar-refractivity contribution in [2.24, 2.45) is 5.92 Å². The smallest absolute Gasteiger partial charge is 0.335 e. The molecule has 0 spiro atoms. The van der Waals surface area contributed by atoms with Crippen LogP contribution in [0.4, 0.5) is 0 Å². The Morgan fingerprint density at radius 3 is 2.18 bits per heavy atom. The Morgan fingerprint density at radius 2 is 1.61 bits per heavy atom. The molecule has 0 aliphatic carbocycles. The lowest BCUT2D eigenvalue weighted by molar-refractivity contribution is -0.129. The van der Waals surface area contributed by atoms with E-state index in [1.165, 1.54) is 0 Å². The summed E-state index contributed by atoms with van der Waals surface area (Å²) in [5.74, 6) is -1.20. The number of carbonyl (C=O) groups is 3. The van der Waals surface area contributed by atoms with Crippen LogP contribution in [0, 0.1) is 5.92 Å². The van der Waals surface area contributed by atoms with Crippen LogP contribution < -0.4 is 10.6 Å². The second-order valence-corrected chi connectivity index (χ2v) is 7.05. The van der Waals surface area contributed by atoms with Gasteiger partial charge in [0, 0.05) is 13.0 Å². The van der Waals surface area contributed by atoms with Crippen molar-refractivity contribution in [3.8, 4) is 0 Å². The lowest BCUT2D eigenvalue weighted by atomic mass is 10.0. The van der Waals surface area contributed by atoms with Crippen LogP contribution in [-0.2, 0) is 16.0 Å². The van der Waals surface area contributed by atoms with Gasteiger partial charge in [-0.25, -0.2) is 4.79 Å². The molecule has 0 saturated carbocycles. The Labute approximate surface area is 165 Å². The third-order valence-electron chi connectivity index (χ3n) is 4.21. The molecule has 6 nitrogen and oxygen atoms in total. The van der Waals surface area contributed by atoms with Gasteiger partial charge in [0.15, 0.2) is 0 Å². The Balaban J connectivity index is 1.97. The Bertz CT molecular complexity index is 801. The first-order valence-corrected chi connectivity index (χ1v) is 9.31. The van der Waals surface area contributed by atoms with Crippen molar-refractivity contribution >= 4 is 17.8 Å². The molecular weight excluding hydrogens is 356 g/mol. The van der Waals surface area contributed by atoms with Crippen molar-refractivity contribution in [2.45, 2.75) is 32.7 Å². The summed E-state index contributed by atoms with van der Waals surface area (Å²) in [4.78, 5) is 35.8. The molecule has 2 amide bonds. The van der Waals surface area contributed by atoms with Crippen LogP contribution in [0.15, 0.2) is 54.6 Å². The molecule has 0 radical (unpaired) electrons. The molecule has 2 aromatic carbocycles. The summed E-state index contributed by atoms with van der Waals surface area (Å²) >= 11 is 0. The molecular formula is C22H26N2O4. The van der Waals surface area contributed by atoms with Crippen molar-refractivity contribution in [3.05, 3.63) is 71.3 Å². The van der Waals surface area contributed by atoms with Crippen LogP contribution >= 0.6 is 0 Å². The number of nitrogens with one attached hydrogen (secondary N) is 2. The van der Waals surface area contributed by atoms with Crippen molar-refractivity contribution < 1.29 is 19.5 Å². The number of carboxylic acid groups (broad SMARTS) is 1. The maximum Gasteiger partial charge on any atom is 0.335 e. The summed E-state index contributed by atoms with van der Waals surface area (Å²) < 4.78 is 0. The van der Waals surface area contributed by atoms with E-state index in [0.717, 1.165) is 11.1 Å². The zero-order valence-electron chi connectivity index (χ0n) is 16.1. The number of hydrogen-bond donors (Lipinski definition) is 3. The van der Waals surface area contributed by atoms with Gasteiger partial charge >= 0.3 is 5.97 Å². The second-order valence-electron chi connectivity index (χ2n) is 7.05. The highest BCUT2D eigenvalue weighted by Crippen LogP contribution is 2.14. The average molecular weight is 382 g/mol. The summed E-state index contributed by atoms with van der Waals surface area (Å²) in [6.07, 6.45) is 0.916. The number of aromatic carboxylic acids is 1. The highest BCUT2D eigenvalue weighted by Gasteiger charge is 2.22. The fourth-order valence-electron chi connectivity index (χ4n) is 2.78. The van der Waals surface area contributed by atoms with Crippen LogP contribution in [-0.4, -0.2) is 29.4 Å². The lowest BCUT2D eigenvalue weighted by Crippen LogP contribution is -2.41. The minimum absolute atomic E-state index is 0.164. The maximum absolute atomic E-state index is 12.7. The van der Waals surface area contributed by atoms with E-state index in [0.29, 0.717) is 19.4 Å². The minimum Gasteiger partial charge on any atom is -0.478 e. The van der Waals surface area contributed by atoms with Crippen LogP contribution in [0.1, 0.15) is 47.8 Å². The summed E-state index contributed by atoms with van der Waals surface area (Å²) in [7, 11) is 0. The molecule has 1 atom stereocenters. The first-order valence-electron chi connectivity index (χ1n) is 9.31. The number of hydrogen-bond acceptors (Lipinski definition) is 3. The predicted molar refractivity (Wildman–Crippen MR) is 107 cm³/mol. The topological polar surface area (TPSA) is 95.5 Å². The molecule has 0 aliphatic rings. The van der Waals surface area contributed by atoms with E-state index in [-0.39, 0.29) is 23.3 Å². The molecule has 0 heterocycles. The van der Waals surface area contributed by atoms with Gasteiger partial charge < -0.3 is 15.7 Å². The predicted octanol–water partition coefficient (Wildman–Crippen LogP) is 2.95. The van der Waals surface area contributed by atoms with Gasteiger partial charge in [0.1, 0.15) is 6.04 Å². The SMILES string of the molecule is CC(C)CC(=O)NC(C(=O)NCCc1ccc(C(=O)O)cc1)c1ccccc1. The fraction of sp³-hybridized carbons (Fsp3) is 0.318. The zero-order valence-corrected chi connectivity index (χ0v) is 16.1. The summed E-state index contributed by atoms with van der Waals surface area (Å²) in [6, 6.07) is 14.9. The van der Waals surface area contributed by atoms with E-state index in [1.54, 1.807) is 24.3 Å². The summed E-state index contributed by atoms with van der Waals surface area (Å²) in [5, 5.41) is 14.6. The second kappa shape index (κ2) is 10.3. The lowest BCUT2D eigenvalue weighted by Gasteiger charge is -2.19. The molecule has 28 heavy (non-hydrogen) atoms. The van der Waals surface area contributed by atoms with Gasteiger partial charge in [0.25, 0.3) is 0 Å². The van der Waals surface area contributed by atoms with E-state index in [2.05, 4.69) is 10.6 Å². The molecule has 2 aromatic rings. The molecule has 3 N–H and O–H groups in total. The fourth-order valence-corrected chi connectivity index (χ4v) is 2.78. The van der Waals surface area contributed by atoms with Crippen molar-refractivity contribution in [1.29, 1.82) is 0 Å². The van der Waals surface area contributed by atoms with E-state index in [1.807, 2.05) is 44.2 Å². The quantitative estimate of drug-likeness (QED) is 0.621. The standard InChI is InChI=1S/C22H26N2O4/c1-15(2)14-19(25)24-20(17-6-4-3-5-7-17)21(26)23-13-12-16-8-10-18(11-9-16)22(27)28/h3-11,15,20H,12-14H2,1-2H3,(H,23,26)(H,24,25)(H,27,28). The highest BCUT2D eigenvalue weighted by atomic mass is 16.4. The average Bonchev–Trinajstić information content (AvgIpc) is 2.66. The van der Waals surface area contributed by atoms with Gasteiger partial charge in [-0.1, -0.05) is 56.3 Å². The van der Waals surface area contributed by atoms with Crippen molar-refractivity contribution in [1.82, 2.24) is 10.6 Å². The molecule has 0 saturated heterocycles. The Kier molecular flexibility index (Phi) is 7.75. The molecule has 0 aliphatic heterocycles. The van der Waals surface area contributed by atoms with Gasteiger partial charge in [0.05, 0.1) is 5.56 Å². The van der Waals surface area contributed by atoms with Gasteiger partial charge in [-0.3, -0.25) is 9.59 Å². The molecule has 0 bridgehead atoms. The van der Waals surface area contributed by atoms with Gasteiger partial charge in [-0.2, -0.15) is 0 Å². The number of carboxylic acids is 1. The van der Waals surface area contributed by atoms with E-state index < -0.39 is 12.0 Å². The highest BCUT2D eigenvalue weighted by molar-refractivity contribution is 5.89. The molecule has 0 fully saturated rings. The molecule has 1 unspecified atom stereocenters. The van der Waals surface area contributed by atoms with E-state index in [4.69, 9.17) is 5.11 Å². The monoisotopic (exact) mass is 382 g/mol. The maximum atomic E-state index is 12.7. The van der Waals surface area contributed by atoms with Crippen LogP contribution in [0.2, 0.25) is 0 Å². The minimum atomic E-state index is -0.970. The van der Waals surface area contributed by atoms with E-state index in [9.17, 15) is 14.4 Å². The van der Waals surface area contributed by atoms with Crippen molar-refractivity contribution in [3.63, 3.8) is 0 Å². The van der Waals surface area contributed by atoms with Crippen LogP contribution in [0.3, 0.4) is 0 Å². The Morgan fingerprint density at radius 1 is 0.964 bits per heavy atom. The van der Waals surface area contributed by atoms with Crippen LogP contribution in [0.5, 0.6) is 0 Å². The number of amides is 2. The van der Waals surface area contributed by atoms with Gasteiger partial charge in [-0.15, -0.1) is 0 Å². The third-order valence-corrected chi connectivity index (χ3v) is 4.21. The summed E-state index contributed by atoms with van der Waals surface area (Å²) in [6.45, 7) is 4.29. The molecule has 6 heteroatoms. The molecule has 2 rings (SSSR count). The number of rotatable bonds is 9. The van der Waals surface area contributed by atoms with Gasteiger partial charge in [-0.05, 0) is 35.6 Å². The third kappa shape index (κ3) is 6.54.